The molecule has 2 saturated heterocycles. The van der Waals surface area contributed by atoms with Gasteiger partial charge in [-0.3, -0.25) is 14.5 Å². The van der Waals surface area contributed by atoms with Gasteiger partial charge in [0, 0.05) is 31.7 Å². The van der Waals surface area contributed by atoms with Crippen LogP contribution in [0.2, 0.25) is 0 Å². The molecule has 3 aromatic rings. The molecule has 9 nitrogen and oxygen atoms in total. The van der Waals surface area contributed by atoms with Crippen LogP contribution >= 0.6 is 0 Å². The quantitative estimate of drug-likeness (QED) is 0.233. The van der Waals surface area contributed by atoms with Gasteiger partial charge in [-0.25, -0.2) is 0 Å². The van der Waals surface area contributed by atoms with Crippen LogP contribution in [-0.4, -0.2) is 79.2 Å². The van der Waals surface area contributed by atoms with Crippen molar-refractivity contribution >= 4 is 17.4 Å². The van der Waals surface area contributed by atoms with E-state index in [0.29, 0.717) is 74.4 Å². The number of aliphatic hydroxyl groups excluding tert-OH is 1. The van der Waals surface area contributed by atoms with E-state index < -0.39 is 17.7 Å². The van der Waals surface area contributed by atoms with Gasteiger partial charge in [0.1, 0.15) is 31.3 Å². The summed E-state index contributed by atoms with van der Waals surface area (Å²) >= 11 is 0. The number of carbonyl (C=O) groups excluding carboxylic acids is 2. The van der Waals surface area contributed by atoms with Gasteiger partial charge in [0.15, 0.2) is 11.5 Å². The van der Waals surface area contributed by atoms with Crippen LogP contribution in [0.4, 0.5) is 0 Å². The molecule has 1 N–H and O–H groups in total. The van der Waals surface area contributed by atoms with Gasteiger partial charge >= 0.3 is 0 Å². The zero-order valence-corrected chi connectivity index (χ0v) is 23.4. The summed E-state index contributed by atoms with van der Waals surface area (Å²) in [7, 11) is 0. The third-order valence-corrected chi connectivity index (χ3v) is 7.75. The molecule has 0 radical (unpaired) electrons. The first kappa shape index (κ1) is 27.8. The monoisotopic (exact) mass is 570 g/mol. The Morgan fingerprint density at radius 3 is 2.45 bits per heavy atom. The standard InChI is InChI=1S/C33H34N2O7/c36-31(25-10-11-27-28(21-25)41-19-18-40-27)29-30(24-8-4-9-26(20-24)42-22-23-6-2-1-3-7-23)35(33(38)32(29)37)13-5-12-34-14-16-39-17-15-34/h1-4,6-11,20-21,30,36H,5,12-19,22H2/t30-/m0/s1. The summed E-state index contributed by atoms with van der Waals surface area (Å²) in [5.41, 5.74) is 2.14. The number of benzene rings is 3. The molecule has 3 heterocycles. The molecule has 9 heteroatoms. The SMILES string of the molecule is O=C1C(=O)N(CCCN2CCOCC2)[C@@H](c2cccc(OCc3ccccc3)c2)C1=C(O)c1ccc2c(c1)OCCO2. The Kier molecular flexibility index (Phi) is 8.39. The number of aliphatic hydroxyl groups is 1. The van der Waals surface area contributed by atoms with Crippen molar-refractivity contribution in [1.82, 2.24) is 9.80 Å². The number of nitrogens with zero attached hydrogens (tertiary/aromatic N) is 2. The number of likely N-dealkylation sites (tertiary alicyclic amines) is 1. The van der Waals surface area contributed by atoms with Gasteiger partial charge in [-0.15, -0.1) is 0 Å². The Bertz CT molecular complexity index is 1470. The average molecular weight is 571 g/mol. The van der Waals surface area contributed by atoms with E-state index in [4.69, 9.17) is 18.9 Å². The van der Waals surface area contributed by atoms with Crippen molar-refractivity contribution in [3.05, 3.63) is 95.1 Å². The maximum absolute atomic E-state index is 13.5. The van der Waals surface area contributed by atoms with E-state index in [9.17, 15) is 14.7 Å². The van der Waals surface area contributed by atoms with Crippen LogP contribution < -0.4 is 14.2 Å². The number of Topliss-reactive ketones (excluding diaryl/α,β-unsaturated/α-hetero) is 1. The fraction of sp³-hybridized carbons (Fsp3) is 0.333. The first-order valence-electron chi connectivity index (χ1n) is 14.3. The number of ketones is 1. The molecule has 0 bridgehead atoms. The Morgan fingerprint density at radius 1 is 0.857 bits per heavy atom. The molecule has 218 valence electrons. The molecule has 1 atom stereocenters. The number of hydrogen-bond acceptors (Lipinski definition) is 8. The van der Waals surface area contributed by atoms with E-state index in [1.165, 1.54) is 0 Å². The van der Waals surface area contributed by atoms with Crippen molar-refractivity contribution in [3.8, 4) is 17.2 Å². The highest BCUT2D eigenvalue weighted by atomic mass is 16.6. The van der Waals surface area contributed by atoms with Crippen molar-refractivity contribution in [3.63, 3.8) is 0 Å². The fourth-order valence-electron chi connectivity index (χ4n) is 5.61. The van der Waals surface area contributed by atoms with Gasteiger partial charge in [-0.05, 0) is 47.9 Å². The lowest BCUT2D eigenvalue weighted by Gasteiger charge is -2.29. The first-order chi connectivity index (χ1) is 20.6. The van der Waals surface area contributed by atoms with Gasteiger partial charge in [-0.1, -0.05) is 42.5 Å². The van der Waals surface area contributed by atoms with Crippen molar-refractivity contribution in [2.24, 2.45) is 0 Å². The summed E-state index contributed by atoms with van der Waals surface area (Å²) in [5.74, 6) is 0.0707. The minimum Gasteiger partial charge on any atom is -0.507 e. The summed E-state index contributed by atoms with van der Waals surface area (Å²) in [4.78, 5) is 30.9. The van der Waals surface area contributed by atoms with Crippen LogP contribution in [0.25, 0.3) is 5.76 Å². The third-order valence-electron chi connectivity index (χ3n) is 7.75. The Morgan fingerprint density at radius 2 is 1.64 bits per heavy atom. The number of ether oxygens (including phenoxy) is 4. The zero-order valence-electron chi connectivity index (χ0n) is 23.4. The molecule has 0 aliphatic carbocycles. The second-order valence-electron chi connectivity index (χ2n) is 10.5. The van der Waals surface area contributed by atoms with E-state index in [-0.39, 0.29) is 11.3 Å². The Balaban J connectivity index is 1.32. The lowest BCUT2D eigenvalue weighted by molar-refractivity contribution is -0.140. The second kappa shape index (κ2) is 12.7. The molecule has 0 saturated carbocycles. The maximum Gasteiger partial charge on any atom is 0.295 e. The van der Waals surface area contributed by atoms with E-state index in [1.54, 1.807) is 23.1 Å². The maximum atomic E-state index is 13.5. The number of morpholine rings is 1. The van der Waals surface area contributed by atoms with Crippen molar-refractivity contribution in [2.75, 3.05) is 52.6 Å². The minimum absolute atomic E-state index is 0.0447. The molecule has 3 aliphatic rings. The number of carbonyl (C=O) groups is 2. The summed E-state index contributed by atoms with van der Waals surface area (Å²) in [6.45, 7) is 5.41. The topological polar surface area (TPSA) is 97.8 Å². The Hall–Kier alpha value is -4.34. The van der Waals surface area contributed by atoms with Crippen molar-refractivity contribution < 1.29 is 33.6 Å². The molecule has 0 aromatic heterocycles. The highest BCUT2D eigenvalue weighted by Gasteiger charge is 2.46. The number of hydrogen-bond donors (Lipinski definition) is 1. The normalized spacial score (nSPS) is 20.1. The molecular weight excluding hydrogens is 536 g/mol. The molecule has 2 fully saturated rings. The third kappa shape index (κ3) is 5.98. The van der Waals surface area contributed by atoms with E-state index in [2.05, 4.69) is 4.90 Å². The minimum atomic E-state index is -0.775. The zero-order chi connectivity index (χ0) is 28.9. The van der Waals surface area contributed by atoms with Crippen LogP contribution in [0, 0.1) is 0 Å². The van der Waals surface area contributed by atoms with Crippen LogP contribution in [0.15, 0.2) is 78.4 Å². The first-order valence-corrected chi connectivity index (χ1v) is 14.3. The van der Waals surface area contributed by atoms with Crippen LogP contribution in [0.1, 0.15) is 29.2 Å². The molecule has 42 heavy (non-hydrogen) atoms. The van der Waals surface area contributed by atoms with Crippen molar-refractivity contribution in [2.45, 2.75) is 19.1 Å². The lowest BCUT2D eigenvalue weighted by atomic mass is 9.95. The predicted molar refractivity (Wildman–Crippen MR) is 156 cm³/mol. The van der Waals surface area contributed by atoms with Crippen LogP contribution in [0.5, 0.6) is 17.2 Å². The molecule has 1 amide bonds. The highest BCUT2D eigenvalue weighted by molar-refractivity contribution is 6.46. The molecule has 3 aromatic carbocycles. The van der Waals surface area contributed by atoms with E-state index in [1.807, 2.05) is 54.6 Å². The van der Waals surface area contributed by atoms with E-state index >= 15 is 0 Å². The van der Waals surface area contributed by atoms with Crippen LogP contribution in [-0.2, 0) is 20.9 Å². The number of rotatable bonds is 9. The number of amides is 1. The largest absolute Gasteiger partial charge is 0.507 e. The molecular formula is C33H34N2O7. The fourth-order valence-corrected chi connectivity index (χ4v) is 5.61. The number of fused-ring (bicyclic) bond motifs is 1. The highest BCUT2D eigenvalue weighted by Crippen LogP contribution is 2.42. The summed E-state index contributed by atoms with van der Waals surface area (Å²) in [6.07, 6.45) is 0.678. The molecule has 3 aliphatic heterocycles. The summed E-state index contributed by atoms with van der Waals surface area (Å²) in [6, 6.07) is 21.5. The lowest BCUT2D eigenvalue weighted by Crippen LogP contribution is -2.38. The van der Waals surface area contributed by atoms with Gasteiger partial charge in [0.05, 0.1) is 24.8 Å². The van der Waals surface area contributed by atoms with Gasteiger partial charge in [-0.2, -0.15) is 0 Å². The van der Waals surface area contributed by atoms with E-state index in [0.717, 1.165) is 25.2 Å². The molecule has 6 rings (SSSR count). The Labute approximate surface area is 244 Å². The van der Waals surface area contributed by atoms with Crippen molar-refractivity contribution in [1.29, 1.82) is 0 Å². The predicted octanol–water partition coefficient (Wildman–Crippen LogP) is 4.18. The summed E-state index contributed by atoms with van der Waals surface area (Å²) < 4.78 is 22.8. The molecule has 0 unspecified atom stereocenters. The average Bonchev–Trinajstić information content (AvgIpc) is 3.29. The van der Waals surface area contributed by atoms with Gasteiger partial charge in [0.2, 0.25) is 0 Å². The summed E-state index contributed by atoms with van der Waals surface area (Å²) in [5, 5.41) is 11.5. The van der Waals surface area contributed by atoms with Gasteiger partial charge in [0.25, 0.3) is 11.7 Å². The smallest absolute Gasteiger partial charge is 0.295 e. The van der Waals surface area contributed by atoms with Crippen LogP contribution in [0.3, 0.4) is 0 Å². The van der Waals surface area contributed by atoms with Gasteiger partial charge < -0.3 is 29.0 Å². The second-order valence-corrected chi connectivity index (χ2v) is 10.5. The molecule has 0 spiro atoms.